The summed E-state index contributed by atoms with van der Waals surface area (Å²) in [7, 11) is -5.43. The van der Waals surface area contributed by atoms with Crippen molar-refractivity contribution in [3.05, 3.63) is 57.5 Å². The molecule has 2 heterocycles. The number of pyridine rings is 1. The first-order chi connectivity index (χ1) is 11.2. The Labute approximate surface area is 134 Å². The maximum Gasteiger partial charge on any atom is 0.497 e. The molecular formula is C15H11F3N2O3S. The van der Waals surface area contributed by atoms with Gasteiger partial charge in [-0.25, -0.2) is 8.42 Å². The summed E-state index contributed by atoms with van der Waals surface area (Å²) < 4.78 is 61.2. The second-order valence-electron chi connectivity index (χ2n) is 5.27. The Kier molecular flexibility index (Phi) is 3.83. The number of rotatable bonds is 2. The molecule has 1 aliphatic heterocycles. The lowest BCUT2D eigenvalue weighted by Crippen LogP contribution is -2.26. The summed E-state index contributed by atoms with van der Waals surface area (Å²) in [5.74, 6) is -1.33. The molecule has 0 atom stereocenters. The first-order valence-electron chi connectivity index (χ1n) is 6.82. The molecule has 1 aliphatic rings. The van der Waals surface area contributed by atoms with Crippen LogP contribution in [0.4, 0.5) is 13.2 Å². The second kappa shape index (κ2) is 5.59. The van der Waals surface area contributed by atoms with Gasteiger partial charge in [0.15, 0.2) is 0 Å². The van der Waals surface area contributed by atoms with Crippen molar-refractivity contribution in [3.63, 3.8) is 0 Å². The maximum atomic E-state index is 12.7. The van der Waals surface area contributed by atoms with E-state index >= 15 is 0 Å². The Morgan fingerprint density at radius 3 is 2.62 bits per heavy atom. The fourth-order valence-corrected chi connectivity index (χ4v) is 3.35. The predicted octanol–water partition coefficient (Wildman–Crippen LogP) is 2.41. The van der Waals surface area contributed by atoms with Crippen LogP contribution in [0.15, 0.2) is 40.1 Å². The number of benzene rings is 1. The Morgan fingerprint density at radius 2 is 1.92 bits per heavy atom. The third-order valence-corrected chi connectivity index (χ3v) is 4.99. The standard InChI is InChI=1S/C15H11F3N2O3S/c16-15(17,18)24(22,23)8-12-14-10(5-13(21)20-12)7-19-6-9-3-1-2-4-11(9)14/h1-6H,7-8H2,(H,20,21). The first kappa shape index (κ1) is 16.4. The van der Waals surface area contributed by atoms with Gasteiger partial charge in [-0.05, 0) is 11.1 Å². The minimum absolute atomic E-state index is 0.0764. The van der Waals surface area contributed by atoms with Crippen LogP contribution >= 0.6 is 0 Å². The third-order valence-electron chi connectivity index (χ3n) is 3.61. The molecule has 3 rings (SSSR count). The average molecular weight is 356 g/mol. The van der Waals surface area contributed by atoms with Gasteiger partial charge in [0.2, 0.25) is 5.56 Å². The van der Waals surface area contributed by atoms with Crippen LogP contribution in [0.25, 0.3) is 11.1 Å². The summed E-state index contributed by atoms with van der Waals surface area (Å²) in [6.07, 6.45) is 1.54. The number of aromatic amines is 1. The van der Waals surface area contributed by atoms with Crippen LogP contribution in [0.5, 0.6) is 0 Å². The highest BCUT2D eigenvalue weighted by Gasteiger charge is 2.46. The van der Waals surface area contributed by atoms with Gasteiger partial charge in [0.1, 0.15) is 5.75 Å². The normalized spacial score (nSPS) is 14.0. The van der Waals surface area contributed by atoms with Gasteiger partial charge in [-0.1, -0.05) is 24.3 Å². The van der Waals surface area contributed by atoms with Crippen molar-refractivity contribution < 1.29 is 21.6 Å². The van der Waals surface area contributed by atoms with E-state index in [-0.39, 0.29) is 17.8 Å². The average Bonchev–Trinajstić information content (AvgIpc) is 2.64. The molecule has 2 aromatic rings. The number of aliphatic imine (C=N–C) groups is 1. The van der Waals surface area contributed by atoms with Gasteiger partial charge in [0.05, 0.1) is 6.54 Å². The quantitative estimate of drug-likeness (QED) is 0.897. The largest absolute Gasteiger partial charge is 0.497 e. The van der Waals surface area contributed by atoms with E-state index in [9.17, 15) is 26.4 Å². The molecule has 0 aliphatic carbocycles. The molecular weight excluding hydrogens is 345 g/mol. The highest BCUT2D eigenvalue weighted by molar-refractivity contribution is 7.91. The number of nitrogens with one attached hydrogen (secondary N) is 1. The van der Waals surface area contributed by atoms with Crippen molar-refractivity contribution >= 4 is 16.1 Å². The van der Waals surface area contributed by atoms with E-state index in [0.29, 0.717) is 16.7 Å². The number of hydrogen-bond donors (Lipinski definition) is 1. The fourth-order valence-electron chi connectivity index (χ4n) is 2.59. The number of alkyl halides is 3. The van der Waals surface area contributed by atoms with Gasteiger partial charge in [-0.2, -0.15) is 13.2 Å². The van der Waals surface area contributed by atoms with Crippen molar-refractivity contribution in [1.82, 2.24) is 4.98 Å². The van der Waals surface area contributed by atoms with Crippen LogP contribution in [0.2, 0.25) is 0 Å². The van der Waals surface area contributed by atoms with E-state index in [1.54, 1.807) is 30.5 Å². The maximum absolute atomic E-state index is 12.7. The number of hydrogen-bond acceptors (Lipinski definition) is 4. The molecule has 0 saturated carbocycles. The molecule has 1 aromatic heterocycles. The topological polar surface area (TPSA) is 79.4 Å². The minimum atomic E-state index is -5.43. The number of aromatic nitrogens is 1. The number of nitrogens with zero attached hydrogens (tertiary/aromatic N) is 1. The summed E-state index contributed by atoms with van der Waals surface area (Å²) >= 11 is 0. The van der Waals surface area contributed by atoms with Gasteiger partial charge in [-0.15, -0.1) is 0 Å². The van der Waals surface area contributed by atoms with Crippen LogP contribution in [-0.2, 0) is 22.1 Å². The summed E-state index contributed by atoms with van der Waals surface area (Å²) in [6, 6.07) is 7.98. The SMILES string of the molecule is O=c1cc2c(c(CS(=O)(=O)C(F)(F)F)[nH]1)-c1ccccc1C=NC2. The number of halogens is 3. The minimum Gasteiger partial charge on any atom is -0.325 e. The Balaban J connectivity index is 2.26. The summed E-state index contributed by atoms with van der Waals surface area (Å²) in [6.45, 7) is 0.0764. The number of sulfone groups is 1. The molecule has 24 heavy (non-hydrogen) atoms. The van der Waals surface area contributed by atoms with Crippen molar-refractivity contribution in [1.29, 1.82) is 0 Å². The van der Waals surface area contributed by atoms with Crippen LogP contribution in [0.1, 0.15) is 16.8 Å². The molecule has 0 fully saturated rings. The molecule has 0 radical (unpaired) electrons. The summed E-state index contributed by atoms with van der Waals surface area (Å²) in [5, 5.41) is 0. The second-order valence-corrected chi connectivity index (χ2v) is 7.26. The van der Waals surface area contributed by atoms with E-state index in [1.807, 2.05) is 0 Å². The van der Waals surface area contributed by atoms with Crippen molar-refractivity contribution in [2.75, 3.05) is 0 Å². The molecule has 5 nitrogen and oxygen atoms in total. The first-order valence-corrected chi connectivity index (χ1v) is 8.47. The molecule has 0 bridgehead atoms. The molecule has 1 aromatic carbocycles. The Hall–Kier alpha value is -2.42. The number of fused-ring (bicyclic) bond motifs is 3. The molecule has 0 saturated heterocycles. The third kappa shape index (κ3) is 2.86. The molecule has 126 valence electrons. The summed E-state index contributed by atoms with van der Waals surface area (Å²) in [5.41, 5.74) is -4.54. The monoisotopic (exact) mass is 356 g/mol. The lowest BCUT2D eigenvalue weighted by molar-refractivity contribution is -0.0437. The zero-order valence-electron chi connectivity index (χ0n) is 12.1. The van der Waals surface area contributed by atoms with E-state index in [1.165, 1.54) is 6.07 Å². The number of H-pyrrole nitrogens is 1. The van der Waals surface area contributed by atoms with E-state index in [4.69, 9.17) is 0 Å². The fraction of sp³-hybridized carbons (Fsp3) is 0.200. The van der Waals surface area contributed by atoms with Gasteiger partial charge in [0.25, 0.3) is 9.84 Å². The zero-order chi connectivity index (χ0) is 17.5. The van der Waals surface area contributed by atoms with E-state index < -0.39 is 26.7 Å². The van der Waals surface area contributed by atoms with Crippen molar-refractivity contribution in [2.24, 2.45) is 4.99 Å². The van der Waals surface area contributed by atoms with Gasteiger partial charge in [-0.3, -0.25) is 9.79 Å². The molecule has 9 heteroatoms. The van der Waals surface area contributed by atoms with E-state index in [2.05, 4.69) is 9.98 Å². The summed E-state index contributed by atoms with van der Waals surface area (Å²) in [4.78, 5) is 18.1. The molecule has 0 spiro atoms. The van der Waals surface area contributed by atoms with Gasteiger partial charge < -0.3 is 4.98 Å². The molecule has 0 unspecified atom stereocenters. The highest BCUT2D eigenvalue weighted by Crippen LogP contribution is 2.34. The lowest BCUT2D eigenvalue weighted by Gasteiger charge is -2.15. The zero-order valence-corrected chi connectivity index (χ0v) is 12.9. The van der Waals surface area contributed by atoms with E-state index in [0.717, 1.165) is 0 Å². The lowest BCUT2D eigenvalue weighted by atomic mass is 9.96. The van der Waals surface area contributed by atoms with Crippen LogP contribution in [0.3, 0.4) is 0 Å². The predicted molar refractivity (Wildman–Crippen MR) is 82.5 cm³/mol. The van der Waals surface area contributed by atoms with Gasteiger partial charge in [0, 0.05) is 29.1 Å². The van der Waals surface area contributed by atoms with Gasteiger partial charge >= 0.3 is 5.51 Å². The van der Waals surface area contributed by atoms with Crippen molar-refractivity contribution in [3.8, 4) is 11.1 Å². The van der Waals surface area contributed by atoms with Crippen LogP contribution in [0, 0.1) is 0 Å². The molecule has 0 amide bonds. The Morgan fingerprint density at radius 1 is 1.21 bits per heavy atom. The Bertz CT molecular complexity index is 992. The highest BCUT2D eigenvalue weighted by atomic mass is 32.2. The van der Waals surface area contributed by atoms with Crippen LogP contribution in [-0.4, -0.2) is 25.1 Å². The van der Waals surface area contributed by atoms with Crippen LogP contribution < -0.4 is 5.56 Å². The smallest absolute Gasteiger partial charge is 0.325 e. The molecule has 1 N–H and O–H groups in total. The van der Waals surface area contributed by atoms with Crippen molar-refractivity contribution in [2.45, 2.75) is 17.8 Å².